The van der Waals surface area contributed by atoms with Gasteiger partial charge in [0.1, 0.15) is 5.75 Å². The van der Waals surface area contributed by atoms with Crippen molar-refractivity contribution < 1.29 is 18.3 Å². The summed E-state index contributed by atoms with van der Waals surface area (Å²) in [6.07, 6.45) is 2.98. The van der Waals surface area contributed by atoms with E-state index in [9.17, 15) is 13.6 Å². The molecule has 1 atom stereocenters. The number of nitrogens with one attached hydrogen (secondary N) is 1. The molecule has 0 spiro atoms. The smallest absolute Gasteiger partial charge is 0.387 e. The summed E-state index contributed by atoms with van der Waals surface area (Å²) in [5.74, 6) is -0.187. The van der Waals surface area contributed by atoms with Crippen molar-refractivity contribution in [2.45, 2.75) is 19.6 Å². The van der Waals surface area contributed by atoms with Crippen molar-refractivity contribution in [1.29, 1.82) is 0 Å². The van der Waals surface area contributed by atoms with Crippen LogP contribution < -0.4 is 10.1 Å². The summed E-state index contributed by atoms with van der Waals surface area (Å²) in [7, 11) is 0. The fraction of sp³-hybridized carbons (Fsp3) is 0.167. The van der Waals surface area contributed by atoms with Gasteiger partial charge < -0.3 is 10.1 Å². The van der Waals surface area contributed by atoms with Gasteiger partial charge in [-0.05, 0) is 48.4 Å². The first-order valence-corrected chi connectivity index (χ1v) is 7.61. The lowest BCUT2D eigenvalue weighted by molar-refractivity contribution is -0.117. The molecule has 6 heteroatoms. The Morgan fingerprint density at radius 1 is 1.12 bits per heavy atom. The highest BCUT2D eigenvalue weighted by Crippen LogP contribution is 2.17. The number of halogens is 3. The van der Waals surface area contributed by atoms with E-state index >= 15 is 0 Å². The van der Waals surface area contributed by atoms with Gasteiger partial charge in [0.05, 0.1) is 6.04 Å². The van der Waals surface area contributed by atoms with Gasteiger partial charge in [-0.25, -0.2) is 0 Å². The van der Waals surface area contributed by atoms with Gasteiger partial charge in [0.15, 0.2) is 0 Å². The van der Waals surface area contributed by atoms with Crippen LogP contribution >= 0.6 is 11.6 Å². The van der Waals surface area contributed by atoms with E-state index in [4.69, 9.17) is 11.6 Å². The number of ether oxygens (including phenoxy) is 1. The minimum absolute atomic E-state index is 0.0722. The summed E-state index contributed by atoms with van der Waals surface area (Å²) in [6, 6.07) is 13.1. The second-order valence-corrected chi connectivity index (χ2v) is 5.50. The van der Waals surface area contributed by atoms with E-state index in [1.165, 1.54) is 18.2 Å². The van der Waals surface area contributed by atoms with Crippen LogP contribution in [0.15, 0.2) is 54.6 Å². The van der Waals surface area contributed by atoms with Gasteiger partial charge in [-0.15, -0.1) is 0 Å². The highest BCUT2D eigenvalue weighted by molar-refractivity contribution is 6.30. The first-order chi connectivity index (χ1) is 11.4. The molecule has 0 aromatic heterocycles. The van der Waals surface area contributed by atoms with Gasteiger partial charge in [0.2, 0.25) is 5.91 Å². The lowest BCUT2D eigenvalue weighted by atomic mass is 10.1. The van der Waals surface area contributed by atoms with Crippen molar-refractivity contribution in [3.05, 3.63) is 70.8 Å². The first kappa shape index (κ1) is 17.9. The number of carbonyl (C=O) groups excluding carboxylic acids is 1. The molecule has 1 amide bonds. The van der Waals surface area contributed by atoms with Gasteiger partial charge in [-0.2, -0.15) is 8.78 Å². The minimum atomic E-state index is -2.86. The van der Waals surface area contributed by atoms with Crippen LogP contribution in [0.3, 0.4) is 0 Å². The molecule has 24 heavy (non-hydrogen) atoms. The predicted octanol–water partition coefficient (Wildman–Crippen LogP) is 4.83. The highest BCUT2D eigenvalue weighted by atomic mass is 35.5. The number of carbonyl (C=O) groups is 1. The van der Waals surface area contributed by atoms with Crippen LogP contribution in [0.4, 0.5) is 8.78 Å². The third-order valence-corrected chi connectivity index (χ3v) is 3.51. The minimum Gasteiger partial charge on any atom is -0.435 e. The van der Waals surface area contributed by atoms with E-state index in [1.54, 1.807) is 30.3 Å². The van der Waals surface area contributed by atoms with Crippen LogP contribution in [0.1, 0.15) is 24.1 Å². The van der Waals surface area contributed by atoms with Crippen molar-refractivity contribution in [2.75, 3.05) is 0 Å². The van der Waals surface area contributed by atoms with E-state index in [0.717, 1.165) is 5.56 Å². The molecule has 2 rings (SSSR count). The van der Waals surface area contributed by atoms with Gasteiger partial charge in [-0.3, -0.25) is 4.79 Å². The van der Waals surface area contributed by atoms with E-state index < -0.39 is 6.61 Å². The number of hydrogen-bond donors (Lipinski definition) is 1. The fourth-order valence-corrected chi connectivity index (χ4v) is 2.15. The maximum Gasteiger partial charge on any atom is 0.387 e. The third kappa shape index (κ3) is 5.66. The largest absolute Gasteiger partial charge is 0.435 e. The van der Waals surface area contributed by atoms with E-state index in [0.29, 0.717) is 10.6 Å². The van der Waals surface area contributed by atoms with Crippen LogP contribution in [-0.2, 0) is 4.79 Å². The van der Waals surface area contributed by atoms with Crippen LogP contribution in [0.25, 0.3) is 6.08 Å². The van der Waals surface area contributed by atoms with Gasteiger partial charge in [0.25, 0.3) is 0 Å². The molecule has 2 aromatic carbocycles. The Morgan fingerprint density at radius 3 is 2.33 bits per heavy atom. The summed E-state index contributed by atoms with van der Waals surface area (Å²) in [6.45, 7) is -0.989. The summed E-state index contributed by atoms with van der Waals surface area (Å²) in [5, 5.41) is 3.47. The standard InChI is InChI=1S/C18H16ClF2NO2/c1-12(14-5-7-15(19)8-6-14)22-17(23)11-4-13-2-9-16(10-3-13)24-18(20)21/h2-12,18H,1H3,(H,22,23)/b11-4+/t12-/m1/s1. The van der Waals surface area contributed by atoms with Crippen LogP contribution in [0.2, 0.25) is 5.02 Å². The summed E-state index contributed by atoms with van der Waals surface area (Å²) < 4.78 is 28.4. The van der Waals surface area contributed by atoms with Crippen LogP contribution in [0.5, 0.6) is 5.75 Å². The summed E-state index contributed by atoms with van der Waals surface area (Å²) in [4.78, 5) is 11.9. The SMILES string of the molecule is C[C@@H](NC(=O)/C=C/c1ccc(OC(F)F)cc1)c1ccc(Cl)cc1. The Kier molecular flexibility index (Phi) is 6.32. The molecule has 2 aromatic rings. The van der Waals surface area contributed by atoms with Crippen LogP contribution in [0, 0.1) is 0 Å². The molecule has 0 unspecified atom stereocenters. The summed E-state index contributed by atoms with van der Waals surface area (Å²) in [5.41, 5.74) is 1.64. The molecule has 0 heterocycles. The van der Waals surface area contributed by atoms with Gasteiger partial charge in [0, 0.05) is 11.1 Å². The van der Waals surface area contributed by atoms with Crippen LogP contribution in [-0.4, -0.2) is 12.5 Å². The molecule has 0 radical (unpaired) electrons. The lowest BCUT2D eigenvalue weighted by Gasteiger charge is -2.12. The average Bonchev–Trinajstić information content (AvgIpc) is 2.54. The first-order valence-electron chi connectivity index (χ1n) is 7.23. The maximum absolute atomic E-state index is 12.1. The van der Waals surface area contributed by atoms with Crippen molar-refractivity contribution in [1.82, 2.24) is 5.32 Å². The summed E-state index contributed by atoms with van der Waals surface area (Å²) >= 11 is 5.83. The molecule has 126 valence electrons. The number of rotatable bonds is 6. The Morgan fingerprint density at radius 2 is 1.75 bits per heavy atom. The normalized spacial score (nSPS) is 12.4. The van der Waals surface area contributed by atoms with E-state index in [2.05, 4.69) is 10.1 Å². The van der Waals surface area contributed by atoms with Crippen molar-refractivity contribution in [2.24, 2.45) is 0 Å². The number of hydrogen-bond acceptors (Lipinski definition) is 2. The van der Waals surface area contributed by atoms with Gasteiger partial charge >= 0.3 is 6.61 Å². The number of amides is 1. The zero-order valence-electron chi connectivity index (χ0n) is 12.9. The third-order valence-electron chi connectivity index (χ3n) is 3.26. The maximum atomic E-state index is 12.1. The molecule has 1 N–H and O–H groups in total. The molecule has 0 aliphatic heterocycles. The molecule has 0 aliphatic carbocycles. The Hall–Kier alpha value is -2.40. The zero-order chi connectivity index (χ0) is 17.5. The highest BCUT2D eigenvalue weighted by Gasteiger charge is 2.07. The molecular weight excluding hydrogens is 336 g/mol. The molecular formula is C18H16ClF2NO2. The van der Waals surface area contributed by atoms with Crippen molar-refractivity contribution in [3.63, 3.8) is 0 Å². The molecule has 0 saturated carbocycles. The molecule has 3 nitrogen and oxygen atoms in total. The Bertz CT molecular complexity index is 700. The lowest BCUT2D eigenvalue weighted by Crippen LogP contribution is -2.24. The molecule has 0 fully saturated rings. The molecule has 0 bridgehead atoms. The Labute approximate surface area is 143 Å². The number of alkyl halides is 2. The fourth-order valence-electron chi connectivity index (χ4n) is 2.03. The van der Waals surface area contributed by atoms with E-state index in [-0.39, 0.29) is 17.7 Å². The number of benzene rings is 2. The monoisotopic (exact) mass is 351 g/mol. The van der Waals surface area contributed by atoms with Crippen molar-refractivity contribution in [3.8, 4) is 5.75 Å². The van der Waals surface area contributed by atoms with Crippen molar-refractivity contribution >= 4 is 23.6 Å². The zero-order valence-corrected chi connectivity index (χ0v) is 13.6. The topological polar surface area (TPSA) is 38.3 Å². The Balaban J connectivity index is 1.91. The second kappa shape index (κ2) is 8.45. The molecule has 0 saturated heterocycles. The van der Waals surface area contributed by atoms with E-state index in [1.807, 2.05) is 19.1 Å². The quantitative estimate of drug-likeness (QED) is 0.757. The second-order valence-electron chi connectivity index (χ2n) is 5.06. The molecule has 0 aliphatic rings. The average molecular weight is 352 g/mol. The predicted molar refractivity (Wildman–Crippen MR) is 90.1 cm³/mol. The van der Waals surface area contributed by atoms with Gasteiger partial charge in [-0.1, -0.05) is 35.9 Å².